The molecule has 0 radical (unpaired) electrons. The molecule has 0 aliphatic heterocycles. The lowest BCUT2D eigenvalue weighted by Gasteiger charge is -2.04. The Balaban J connectivity index is 2.38. The van der Waals surface area contributed by atoms with Crippen molar-refractivity contribution >= 4 is 5.97 Å². The zero-order valence-electron chi connectivity index (χ0n) is 8.78. The molecule has 0 spiro atoms. The van der Waals surface area contributed by atoms with E-state index in [9.17, 15) is 18.0 Å². The van der Waals surface area contributed by atoms with Crippen LogP contribution >= 0.6 is 0 Å². The molecule has 1 heterocycles. The van der Waals surface area contributed by atoms with Crippen LogP contribution < -0.4 is 0 Å². The highest BCUT2D eigenvalue weighted by atomic mass is 19.4. The van der Waals surface area contributed by atoms with Crippen molar-refractivity contribution < 1.29 is 32.0 Å². The van der Waals surface area contributed by atoms with E-state index in [0.29, 0.717) is 0 Å². The van der Waals surface area contributed by atoms with Crippen LogP contribution in [0.25, 0.3) is 0 Å². The van der Waals surface area contributed by atoms with Gasteiger partial charge >= 0.3 is 12.1 Å². The van der Waals surface area contributed by atoms with Crippen molar-refractivity contribution in [2.75, 3.05) is 13.7 Å². The van der Waals surface area contributed by atoms with Crippen LogP contribution in [0.5, 0.6) is 0 Å². The van der Waals surface area contributed by atoms with Gasteiger partial charge in [0.05, 0.1) is 7.11 Å². The number of hydrogen-bond acceptors (Lipinski definition) is 6. The molecule has 1 rings (SSSR count). The molecule has 0 bridgehead atoms. The van der Waals surface area contributed by atoms with Crippen molar-refractivity contribution in [3.8, 4) is 0 Å². The number of rotatable bonds is 5. The van der Waals surface area contributed by atoms with E-state index in [4.69, 9.17) is 0 Å². The van der Waals surface area contributed by atoms with E-state index in [0.717, 1.165) is 0 Å². The summed E-state index contributed by atoms with van der Waals surface area (Å²) in [6.07, 6.45) is -4.64. The molecule has 0 aliphatic carbocycles. The smallest absolute Gasteiger partial charge is 0.411 e. The maximum atomic E-state index is 11.7. The summed E-state index contributed by atoms with van der Waals surface area (Å²) < 4.78 is 48.4. The number of alkyl halides is 3. The molecule has 0 aliphatic rings. The molecule has 1 aromatic heterocycles. The first-order chi connectivity index (χ1) is 7.90. The normalized spacial score (nSPS) is 11.5. The second kappa shape index (κ2) is 5.62. The number of hydrogen-bond donors (Lipinski definition) is 0. The van der Waals surface area contributed by atoms with Gasteiger partial charge in [-0.05, 0) is 0 Å². The fraction of sp³-hybridized carbons (Fsp3) is 0.625. The number of carbonyl (C=O) groups is 1. The number of nitrogens with zero attached hydrogens (tertiary/aromatic N) is 2. The van der Waals surface area contributed by atoms with Gasteiger partial charge in [0.25, 0.3) is 0 Å². The molecule has 0 fully saturated rings. The average molecular weight is 254 g/mol. The molecular formula is C8H9F3N2O4. The van der Waals surface area contributed by atoms with Gasteiger partial charge in [0.2, 0.25) is 5.89 Å². The molecule has 0 saturated heterocycles. The summed E-state index contributed by atoms with van der Waals surface area (Å²) in [6.45, 7) is -1.84. The number of esters is 1. The third-order valence-electron chi connectivity index (χ3n) is 1.53. The summed E-state index contributed by atoms with van der Waals surface area (Å²) in [5.41, 5.74) is 0. The van der Waals surface area contributed by atoms with Crippen molar-refractivity contribution in [1.29, 1.82) is 0 Å². The minimum atomic E-state index is -4.40. The molecule has 0 unspecified atom stereocenters. The van der Waals surface area contributed by atoms with Gasteiger partial charge in [-0.15, -0.1) is 0 Å². The Hall–Kier alpha value is -1.64. The maximum Gasteiger partial charge on any atom is 0.411 e. The van der Waals surface area contributed by atoms with Crippen LogP contribution in [-0.2, 0) is 27.3 Å². The van der Waals surface area contributed by atoms with Gasteiger partial charge in [-0.1, -0.05) is 5.16 Å². The number of aromatic nitrogens is 2. The summed E-state index contributed by atoms with van der Waals surface area (Å²) in [6, 6.07) is 0. The van der Waals surface area contributed by atoms with Gasteiger partial charge in [-0.3, -0.25) is 4.79 Å². The minimum Gasteiger partial charge on any atom is -0.469 e. The number of halogens is 3. The Morgan fingerprint density at radius 1 is 1.47 bits per heavy atom. The Morgan fingerprint density at radius 2 is 2.18 bits per heavy atom. The van der Waals surface area contributed by atoms with Gasteiger partial charge < -0.3 is 14.0 Å². The molecule has 96 valence electrons. The summed E-state index contributed by atoms with van der Waals surface area (Å²) in [4.78, 5) is 14.5. The molecule has 0 aromatic carbocycles. The maximum absolute atomic E-state index is 11.7. The Labute approximate surface area is 93.7 Å². The first-order valence-corrected chi connectivity index (χ1v) is 4.43. The molecule has 9 heteroatoms. The lowest BCUT2D eigenvalue weighted by Crippen LogP contribution is -2.17. The molecule has 6 nitrogen and oxygen atoms in total. The van der Waals surface area contributed by atoms with Crippen LogP contribution in [0, 0.1) is 0 Å². The zero-order chi connectivity index (χ0) is 12.9. The van der Waals surface area contributed by atoms with Crippen LogP contribution in [0.15, 0.2) is 4.52 Å². The number of methoxy groups -OCH3 is 1. The monoisotopic (exact) mass is 254 g/mol. The van der Waals surface area contributed by atoms with E-state index in [1.807, 2.05) is 0 Å². The lowest BCUT2D eigenvalue weighted by molar-refractivity contribution is -0.177. The molecule has 1 aromatic rings. The van der Waals surface area contributed by atoms with Crippen LogP contribution in [0.3, 0.4) is 0 Å². The van der Waals surface area contributed by atoms with Gasteiger partial charge in [0, 0.05) is 0 Å². The first kappa shape index (κ1) is 13.4. The van der Waals surface area contributed by atoms with Gasteiger partial charge in [-0.25, -0.2) is 0 Å². The van der Waals surface area contributed by atoms with E-state index in [2.05, 4.69) is 24.1 Å². The third-order valence-corrected chi connectivity index (χ3v) is 1.53. The Bertz CT molecular complexity index is 377. The van der Waals surface area contributed by atoms with E-state index in [1.54, 1.807) is 0 Å². The van der Waals surface area contributed by atoms with Crippen molar-refractivity contribution in [3.05, 3.63) is 11.7 Å². The molecule has 0 saturated carbocycles. The van der Waals surface area contributed by atoms with E-state index in [1.165, 1.54) is 7.11 Å². The van der Waals surface area contributed by atoms with Crippen LogP contribution in [0.2, 0.25) is 0 Å². The number of ether oxygens (including phenoxy) is 2. The number of carbonyl (C=O) groups excluding carboxylic acids is 1. The predicted octanol–water partition coefficient (Wildman–Crippen LogP) is 0.864. The van der Waals surface area contributed by atoms with E-state index in [-0.39, 0.29) is 18.1 Å². The standard InChI is InChI=1S/C8H9F3N2O4/c1-15-7(14)2-6-12-5(13-17-6)3-16-4-8(9,10)11/h2-4H2,1H3. The average Bonchev–Trinajstić information content (AvgIpc) is 2.63. The third kappa shape index (κ3) is 5.29. The largest absolute Gasteiger partial charge is 0.469 e. The van der Waals surface area contributed by atoms with E-state index < -0.39 is 25.4 Å². The fourth-order valence-corrected chi connectivity index (χ4v) is 0.874. The summed E-state index contributed by atoms with van der Waals surface area (Å²) in [5.74, 6) is -0.688. The molecule has 0 amide bonds. The minimum absolute atomic E-state index is 0.0394. The SMILES string of the molecule is COC(=O)Cc1nc(COCC(F)(F)F)no1. The van der Waals surface area contributed by atoms with Gasteiger partial charge in [-0.2, -0.15) is 18.2 Å². The van der Waals surface area contributed by atoms with Crippen molar-refractivity contribution in [2.45, 2.75) is 19.2 Å². The van der Waals surface area contributed by atoms with Gasteiger partial charge in [0.1, 0.15) is 19.6 Å². The highest BCUT2D eigenvalue weighted by molar-refractivity contribution is 5.70. The van der Waals surface area contributed by atoms with Crippen LogP contribution in [-0.4, -0.2) is 36.0 Å². The van der Waals surface area contributed by atoms with E-state index >= 15 is 0 Å². The highest BCUT2D eigenvalue weighted by Gasteiger charge is 2.27. The van der Waals surface area contributed by atoms with Crippen molar-refractivity contribution in [2.24, 2.45) is 0 Å². The van der Waals surface area contributed by atoms with Crippen molar-refractivity contribution in [1.82, 2.24) is 10.1 Å². The molecule has 0 atom stereocenters. The quantitative estimate of drug-likeness (QED) is 0.725. The lowest BCUT2D eigenvalue weighted by atomic mass is 10.4. The Morgan fingerprint density at radius 3 is 2.76 bits per heavy atom. The summed E-state index contributed by atoms with van der Waals surface area (Å²) >= 11 is 0. The summed E-state index contributed by atoms with van der Waals surface area (Å²) in [7, 11) is 1.19. The van der Waals surface area contributed by atoms with Crippen LogP contribution in [0.4, 0.5) is 13.2 Å². The van der Waals surface area contributed by atoms with Crippen molar-refractivity contribution in [3.63, 3.8) is 0 Å². The first-order valence-electron chi connectivity index (χ1n) is 4.43. The Kier molecular flexibility index (Phi) is 4.44. The zero-order valence-corrected chi connectivity index (χ0v) is 8.78. The van der Waals surface area contributed by atoms with Gasteiger partial charge in [0.15, 0.2) is 5.82 Å². The molecule has 17 heavy (non-hydrogen) atoms. The van der Waals surface area contributed by atoms with Crippen LogP contribution in [0.1, 0.15) is 11.7 Å². The second-order valence-corrected chi connectivity index (χ2v) is 2.97. The predicted molar refractivity (Wildman–Crippen MR) is 45.7 cm³/mol. The molecule has 0 N–H and O–H groups in total. The molecular weight excluding hydrogens is 245 g/mol. The second-order valence-electron chi connectivity index (χ2n) is 2.97. The summed E-state index contributed by atoms with van der Waals surface area (Å²) in [5, 5.41) is 3.34. The topological polar surface area (TPSA) is 74.5 Å². The fourth-order valence-electron chi connectivity index (χ4n) is 0.874. The highest BCUT2D eigenvalue weighted by Crippen LogP contribution is 2.15.